The van der Waals surface area contributed by atoms with Gasteiger partial charge in [-0.15, -0.1) is 0 Å². The van der Waals surface area contributed by atoms with Crippen molar-refractivity contribution in [3.63, 3.8) is 0 Å². The van der Waals surface area contributed by atoms with E-state index < -0.39 is 0 Å². The number of nitrogens with zero attached hydrogens (tertiary/aromatic N) is 2. The summed E-state index contributed by atoms with van der Waals surface area (Å²) < 4.78 is 17.2. The van der Waals surface area contributed by atoms with Gasteiger partial charge in [0.2, 0.25) is 12.7 Å². The van der Waals surface area contributed by atoms with Crippen LogP contribution in [0.15, 0.2) is 40.3 Å². The minimum absolute atomic E-state index is 0.0102. The SMILES string of the molecule is COCCn1c(SCC(=O)Nc2cc3c(cc2Cl)OCO3)nc2cc(Cl)ccc2c1=O. The fraction of sp³-hybridized carbons (Fsp3) is 0.250. The van der Waals surface area contributed by atoms with Gasteiger partial charge in [-0.1, -0.05) is 35.0 Å². The van der Waals surface area contributed by atoms with Crippen molar-refractivity contribution >= 4 is 57.5 Å². The molecule has 1 aliphatic rings. The first kappa shape index (κ1) is 21.8. The second-order valence-corrected chi connectivity index (χ2v) is 8.31. The molecule has 0 aliphatic carbocycles. The van der Waals surface area contributed by atoms with Crippen molar-refractivity contribution in [1.82, 2.24) is 9.55 Å². The molecule has 1 aliphatic heterocycles. The number of halogens is 2. The first-order valence-electron chi connectivity index (χ1n) is 9.17. The standard InChI is InChI=1S/C20H17Cl2N3O5S/c1-28-5-4-25-19(27)12-3-2-11(21)6-14(12)24-20(25)31-9-18(26)23-15-8-17-16(7-13(15)22)29-10-30-17/h2-3,6-8H,4-5,9-10H2,1H3,(H,23,26). The second kappa shape index (κ2) is 9.35. The van der Waals surface area contributed by atoms with Crippen LogP contribution in [0.25, 0.3) is 10.9 Å². The van der Waals surface area contributed by atoms with Crippen LogP contribution in [0.1, 0.15) is 0 Å². The summed E-state index contributed by atoms with van der Waals surface area (Å²) in [5, 5.41) is 4.39. The lowest BCUT2D eigenvalue weighted by molar-refractivity contribution is -0.113. The van der Waals surface area contributed by atoms with Crippen molar-refractivity contribution in [2.45, 2.75) is 11.7 Å². The van der Waals surface area contributed by atoms with E-state index in [1.54, 1.807) is 37.4 Å². The highest BCUT2D eigenvalue weighted by Crippen LogP contribution is 2.39. The number of amides is 1. The molecule has 4 rings (SSSR count). The first-order chi connectivity index (χ1) is 15.0. The zero-order valence-corrected chi connectivity index (χ0v) is 18.6. The Balaban J connectivity index is 1.55. The maximum Gasteiger partial charge on any atom is 0.262 e. The minimum Gasteiger partial charge on any atom is -0.454 e. The van der Waals surface area contributed by atoms with Crippen molar-refractivity contribution in [1.29, 1.82) is 0 Å². The molecule has 0 unspecified atom stereocenters. The van der Waals surface area contributed by atoms with Crippen LogP contribution in [-0.2, 0) is 16.1 Å². The Morgan fingerprint density at radius 3 is 2.81 bits per heavy atom. The van der Waals surface area contributed by atoms with Crippen LogP contribution in [0.3, 0.4) is 0 Å². The molecule has 3 aromatic rings. The zero-order valence-electron chi connectivity index (χ0n) is 16.3. The van der Waals surface area contributed by atoms with Gasteiger partial charge < -0.3 is 19.5 Å². The molecule has 0 saturated heterocycles. The van der Waals surface area contributed by atoms with Gasteiger partial charge in [-0.2, -0.15) is 0 Å². The molecule has 1 aromatic heterocycles. The zero-order chi connectivity index (χ0) is 22.0. The lowest BCUT2D eigenvalue weighted by Crippen LogP contribution is -2.26. The van der Waals surface area contributed by atoms with Crippen LogP contribution in [-0.4, -0.2) is 41.7 Å². The quantitative estimate of drug-likeness (QED) is 0.405. The van der Waals surface area contributed by atoms with Crippen LogP contribution >= 0.6 is 35.0 Å². The van der Waals surface area contributed by atoms with E-state index in [0.717, 1.165) is 11.8 Å². The highest BCUT2D eigenvalue weighted by molar-refractivity contribution is 7.99. The lowest BCUT2D eigenvalue weighted by Gasteiger charge is -2.13. The summed E-state index contributed by atoms with van der Waals surface area (Å²) in [6, 6.07) is 8.10. The number of hydrogen-bond donors (Lipinski definition) is 1. The van der Waals surface area contributed by atoms with Gasteiger partial charge in [0.05, 0.1) is 40.5 Å². The van der Waals surface area contributed by atoms with Gasteiger partial charge in [-0.3, -0.25) is 14.2 Å². The summed E-state index contributed by atoms with van der Waals surface area (Å²) in [4.78, 5) is 30.0. The van der Waals surface area contributed by atoms with E-state index in [1.807, 2.05) is 0 Å². The van der Waals surface area contributed by atoms with Gasteiger partial charge in [0.15, 0.2) is 16.7 Å². The van der Waals surface area contributed by atoms with Gasteiger partial charge in [0, 0.05) is 24.3 Å². The van der Waals surface area contributed by atoms with Crippen molar-refractivity contribution < 1.29 is 19.0 Å². The number of nitrogens with one attached hydrogen (secondary N) is 1. The van der Waals surface area contributed by atoms with Crippen LogP contribution in [0.4, 0.5) is 5.69 Å². The molecule has 162 valence electrons. The van der Waals surface area contributed by atoms with Gasteiger partial charge in [-0.05, 0) is 18.2 Å². The number of methoxy groups -OCH3 is 1. The summed E-state index contributed by atoms with van der Waals surface area (Å²) in [7, 11) is 1.55. The molecule has 0 fully saturated rings. The number of carbonyl (C=O) groups is 1. The van der Waals surface area contributed by atoms with Crippen LogP contribution in [0, 0.1) is 0 Å². The number of anilines is 1. The fourth-order valence-corrected chi connectivity index (χ4v) is 4.19. The monoisotopic (exact) mass is 481 g/mol. The number of hydrogen-bond acceptors (Lipinski definition) is 7. The smallest absolute Gasteiger partial charge is 0.262 e. The Morgan fingerprint density at radius 1 is 1.26 bits per heavy atom. The number of benzene rings is 2. The van der Waals surface area contributed by atoms with E-state index in [2.05, 4.69) is 10.3 Å². The van der Waals surface area contributed by atoms with Gasteiger partial charge in [-0.25, -0.2) is 4.98 Å². The van der Waals surface area contributed by atoms with E-state index in [4.69, 9.17) is 37.4 Å². The Bertz CT molecular complexity index is 1220. The van der Waals surface area contributed by atoms with Gasteiger partial charge >= 0.3 is 0 Å². The van der Waals surface area contributed by atoms with Crippen LogP contribution in [0.2, 0.25) is 10.0 Å². The molecule has 1 N–H and O–H groups in total. The molecule has 0 bridgehead atoms. The molecule has 2 heterocycles. The number of rotatable bonds is 7. The minimum atomic E-state index is -0.315. The number of aromatic nitrogens is 2. The van der Waals surface area contributed by atoms with Gasteiger partial charge in [0.25, 0.3) is 5.56 Å². The fourth-order valence-electron chi connectivity index (χ4n) is 2.99. The Hall–Kier alpha value is -2.46. The van der Waals surface area contributed by atoms with Crippen molar-refractivity contribution in [2.75, 3.05) is 31.6 Å². The highest BCUT2D eigenvalue weighted by Gasteiger charge is 2.19. The molecule has 8 nitrogen and oxygen atoms in total. The molecule has 0 spiro atoms. The van der Waals surface area contributed by atoms with Crippen molar-refractivity contribution in [3.8, 4) is 11.5 Å². The number of thioether (sulfide) groups is 1. The summed E-state index contributed by atoms with van der Waals surface area (Å²) in [5.74, 6) is 0.730. The molecule has 11 heteroatoms. The summed E-state index contributed by atoms with van der Waals surface area (Å²) in [6.07, 6.45) is 0. The van der Waals surface area contributed by atoms with E-state index >= 15 is 0 Å². The van der Waals surface area contributed by atoms with E-state index in [1.165, 1.54) is 4.57 Å². The van der Waals surface area contributed by atoms with Crippen LogP contribution in [0.5, 0.6) is 11.5 Å². The second-order valence-electron chi connectivity index (χ2n) is 6.53. The summed E-state index contributed by atoms with van der Waals surface area (Å²) >= 11 is 13.4. The molecule has 0 saturated carbocycles. The Kier molecular flexibility index (Phi) is 6.57. The number of carbonyl (C=O) groups excluding carboxylic acids is 1. The van der Waals surface area contributed by atoms with E-state index in [9.17, 15) is 9.59 Å². The average Bonchev–Trinajstić information content (AvgIpc) is 3.18. The number of fused-ring (bicyclic) bond motifs is 2. The predicted molar refractivity (Wildman–Crippen MR) is 120 cm³/mol. The first-order valence-corrected chi connectivity index (χ1v) is 10.9. The predicted octanol–water partition coefficient (Wildman–Crippen LogP) is 3.81. The number of ether oxygens (including phenoxy) is 3. The Labute approximate surface area is 191 Å². The van der Waals surface area contributed by atoms with E-state index in [-0.39, 0.29) is 24.0 Å². The maximum absolute atomic E-state index is 12.9. The molecule has 0 atom stereocenters. The van der Waals surface area contributed by atoms with Gasteiger partial charge in [0.1, 0.15) is 0 Å². The molecular weight excluding hydrogens is 465 g/mol. The lowest BCUT2D eigenvalue weighted by atomic mass is 10.2. The average molecular weight is 482 g/mol. The molecule has 0 radical (unpaired) electrons. The third-order valence-electron chi connectivity index (χ3n) is 4.47. The molecule has 1 amide bonds. The third kappa shape index (κ3) is 4.74. The summed E-state index contributed by atoms with van der Waals surface area (Å²) in [6.45, 7) is 0.738. The molecule has 31 heavy (non-hydrogen) atoms. The third-order valence-corrected chi connectivity index (χ3v) is 5.99. The largest absolute Gasteiger partial charge is 0.454 e. The normalized spacial score (nSPS) is 12.4. The topological polar surface area (TPSA) is 91.7 Å². The maximum atomic E-state index is 12.9. The van der Waals surface area contributed by atoms with E-state index in [0.29, 0.717) is 56.4 Å². The van der Waals surface area contributed by atoms with Crippen molar-refractivity contribution in [3.05, 3.63) is 50.7 Å². The highest BCUT2D eigenvalue weighted by atomic mass is 35.5. The van der Waals surface area contributed by atoms with Crippen LogP contribution < -0.4 is 20.3 Å². The molecular formula is C20H17Cl2N3O5S. The molecule has 2 aromatic carbocycles. The summed E-state index contributed by atoms with van der Waals surface area (Å²) in [5.41, 5.74) is 0.653. The Morgan fingerprint density at radius 2 is 2.03 bits per heavy atom. The van der Waals surface area contributed by atoms with Crippen molar-refractivity contribution in [2.24, 2.45) is 0 Å².